The highest BCUT2D eigenvalue weighted by molar-refractivity contribution is 5.95. The standard InChI is InChI=1S/C15H25N3O2/c1-5-8-18(6-2)9-7-16-13-10-11(3)17-12(4)14(13)15(19)20/h10H,5-9H2,1-4H3,(H,16,17)(H,19,20). The summed E-state index contributed by atoms with van der Waals surface area (Å²) in [6.45, 7) is 11.6. The number of aromatic nitrogens is 1. The average molecular weight is 279 g/mol. The minimum absolute atomic E-state index is 0.272. The molecule has 0 unspecified atom stereocenters. The Labute approximate surface area is 121 Å². The highest BCUT2D eigenvalue weighted by atomic mass is 16.4. The zero-order chi connectivity index (χ0) is 15.1. The molecule has 0 aliphatic carbocycles. The third kappa shape index (κ3) is 4.49. The van der Waals surface area contributed by atoms with Crippen LogP contribution in [0.1, 0.15) is 42.0 Å². The normalized spacial score (nSPS) is 10.8. The van der Waals surface area contributed by atoms with Crippen LogP contribution in [0.25, 0.3) is 0 Å². The van der Waals surface area contributed by atoms with Gasteiger partial charge in [-0.3, -0.25) is 4.98 Å². The summed E-state index contributed by atoms with van der Waals surface area (Å²) in [6, 6.07) is 1.80. The lowest BCUT2D eigenvalue weighted by molar-refractivity contribution is 0.0696. The molecule has 0 atom stereocenters. The van der Waals surface area contributed by atoms with Gasteiger partial charge in [-0.25, -0.2) is 4.79 Å². The molecule has 0 fully saturated rings. The van der Waals surface area contributed by atoms with Crippen molar-refractivity contribution in [2.45, 2.75) is 34.1 Å². The fourth-order valence-corrected chi connectivity index (χ4v) is 2.33. The first-order valence-corrected chi connectivity index (χ1v) is 7.17. The number of likely N-dealkylation sites (N-methyl/N-ethyl adjacent to an activating group) is 1. The number of aromatic carboxylic acids is 1. The second kappa shape index (κ2) is 7.85. The van der Waals surface area contributed by atoms with E-state index in [1.54, 1.807) is 13.0 Å². The van der Waals surface area contributed by atoms with Crippen LogP contribution in [-0.4, -0.2) is 47.1 Å². The number of nitrogens with one attached hydrogen (secondary N) is 1. The first kappa shape index (κ1) is 16.4. The third-order valence-corrected chi connectivity index (χ3v) is 3.27. The zero-order valence-corrected chi connectivity index (χ0v) is 12.9. The van der Waals surface area contributed by atoms with Crippen molar-refractivity contribution in [3.63, 3.8) is 0 Å². The molecule has 112 valence electrons. The minimum Gasteiger partial charge on any atom is -0.478 e. The van der Waals surface area contributed by atoms with Crippen molar-refractivity contribution < 1.29 is 9.90 Å². The van der Waals surface area contributed by atoms with Crippen LogP contribution < -0.4 is 5.32 Å². The van der Waals surface area contributed by atoms with E-state index in [2.05, 4.69) is 29.0 Å². The highest BCUT2D eigenvalue weighted by Gasteiger charge is 2.15. The summed E-state index contributed by atoms with van der Waals surface area (Å²) in [4.78, 5) is 17.9. The summed E-state index contributed by atoms with van der Waals surface area (Å²) in [5.74, 6) is -0.932. The molecule has 0 bridgehead atoms. The van der Waals surface area contributed by atoms with Crippen LogP contribution >= 0.6 is 0 Å². The van der Waals surface area contributed by atoms with Crippen LogP contribution in [0, 0.1) is 13.8 Å². The molecule has 0 saturated heterocycles. The van der Waals surface area contributed by atoms with E-state index in [1.165, 1.54) is 0 Å². The summed E-state index contributed by atoms with van der Waals surface area (Å²) in [5.41, 5.74) is 2.32. The molecule has 0 aliphatic heterocycles. The molecule has 1 aromatic heterocycles. The molecule has 0 saturated carbocycles. The van der Waals surface area contributed by atoms with Crippen molar-refractivity contribution in [3.05, 3.63) is 23.0 Å². The van der Waals surface area contributed by atoms with Crippen LogP contribution in [-0.2, 0) is 0 Å². The smallest absolute Gasteiger partial charge is 0.339 e. The molecule has 0 aromatic carbocycles. The van der Waals surface area contributed by atoms with Gasteiger partial charge in [-0.2, -0.15) is 0 Å². The Morgan fingerprint density at radius 2 is 2.05 bits per heavy atom. The van der Waals surface area contributed by atoms with Gasteiger partial charge in [0.1, 0.15) is 5.56 Å². The van der Waals surface area contributed by atoms with E-state index in [0.29, 0.717) is 11.4 Å². The predicted molar refractivity (Wildman–Crippen MR) is 81.6 cm³/mol. The van der Waals surface area contributed by atoms with E-state index < -0.39 is 5.97 Å². The van der Waals surface area contributed by atoms with Crippen LogP contribution in [0.2, 0.25) is 0 Å². The Morgan fingerprint density at radius 3 is 2.60 bits per heavy atom. The van der Waals surface area contributed by atoms with Gasteiger partial charge in [0.15, 0.2) is 0 Å². The van der Waals surface area contributed by atoms with Crippen molar-refractivity contribution in [3.8, 4) is 0 Å². The largest absolute Gasteiger partial charge is 0.478 e. The van der Waals surface area contributed by atoms with Crippen molar-refractivity contribution >= 4 is 11.7 Å². The molecule has 5 heteroatoms. The number of carboxylic acid groups (broad SMARTS) is 1. The Hall–Kier alpha value is -1.62. The summed E-state index contributed by atoms with van der Waals surface area (Å²) in [5, 5.41) is 12.5. The van der Waals surface area contributed by atoms with Crippen molar-refractivity contribution in [1.82, 2.24) is 9.88 Å². The molecule has 1 heterocycles. The maximum absolute atomic E-state index is 11.3. The number of hydrogen-bond acceptors (Lipinski definition) is 4. The maximum Gasteiger partial charge on any atom is 0.339 e. The van der Waals surface area contributed by atoms with E-state index in [9.17, 15) is 9.90 Å². The fraction of sp³-hybridized carbons (Fsp3) is 0.600. The van der Waals surface area contributed by atoms with Gasteiger partial charge in [0.2, 0.25) is 0 Å². The number of carboxylic acids is 1. The topological polar surface area (TPSA) is 65.5 Å². The lowest BCUT2D eigenvalue weighted by atomic mass is 10.1. The van der Waals surface area contributed by atoms with Crippen molar-refractivity contribution in [2.75, 3.05) is 31.5 Å². The number of carbonyl (C=O) groups is 1. The van der Waals surface area contributed by atoms with Gasteiger partial charge < -0.3 is 15.3 Å². The van der Waals surface area contributed by atoms with E-state index in [1.807, 2.05) is 6.92 Å². The lowest BCUT2D eigenvalue weighted by Gasteiger charge is -2.20. The molecule has 20 heavy (non-hydrogen) atoms. The number of anilines is 1. The summed E-state index contributed by atoms with van der Waals surface area (Å²) < 4.78 is 0. The van der Waals surface area contributed by atoms with Crippen LogP contribution in [0.5, 0.6) is 0 Å². The summed E-state index contributed by atoms with van der Waals surface area (Å²) in [7, 11) is 0. The number of rotatable bonds is 8. The van der Waals surface area contributed by atoms with Crippen LogP contribution in [0.4, 0.5) is 5.69 Å². The highest BCUT2D eigenvalue weighted by Crippen LogP contribution is 2.19. The van der Waals surface area contributed by atoms with Gasteiger partial charge in [0.25, 0.3) is 0 Å². The number of hydrogen-bond donors (Lipinski definition) is 2. The molecule has 0 radical (unpaired) electrons. The average Bonchev–Trinajstić information content (AvgIpc) is 2.36. The first-order valence-electron chi connectivity index (χ1n) is 7.17. The Kier molecular flexibility index (Phi) is 6.45. The van der Waals surface area contributed by atoms with Gasteiger partial charge in [0.05, 0.1) is 11.4 Å². The molecular weight excluding hydrogens is 254 g/mol. The van der Waals surface area contributed by atoms with Gasteiger partial charge in [-0.1, -0.05) is 13.8 Å². The quantitative estimate of drug-likeness (QED) is 0.765. The summed E-state index contributed by atoms with van der Waals surface area (Å²) in [6.07, 6.45) is 1.13. The van der Waals surface area contributed by atoms with Crippen LogP contribution in [0.15, 0.2) is 6.07 Å². The Balaban J connectivity index is 2.74. The molecule has 2 N–H and O–H groups in total. The van der Waals surface area contributed by atoms with E-state index >= 15 is 0 Å². The number of aryl methyl sites for hydroxylation is 2. The first-order chi connectivity index (χ1) is 9.49. The Bertz CT molecular complexity index is 461. The molecule has 0 spiro atoms. The molecule has 5 nitrogen and oxygen atoms in total. The second-order valence-corrected chi connectivity index (χ2v) is 4.94. The van der Waals surface area contributed by atoms with E-state index in [-0.39, 0.29) is 5.56 Å². The van der Waals surface area contributed by atoms with E-state index in [4.69, 9.17) is 0 Å². The molecule has 0 amide bonds. The molecular formula is C15H25N3O2. The lowest BCUT2D eigenvalue weighted by Crippen LogP contribution is -2.30. The van der Waals surface area contributed by atoms with Crippen molar-refractivity contribution in [1.29, 1.82) is 0 Å². The van der Waals surface area contributed by atoms with Crippen LogP contribution in [0.3, 0.4) is 0 Å². The zero-order valence-electron chi connectivity index (χ0n) is 12.9. The number of pyridine rings is 1. The summed E-state index contributed by atoms with van der Waals surface area (Å²) >= 11 is 0. The Morgan fingerprint density at radius 1 is 1.35 bits per heavy atom. The van der Waals surface area contributed by atoms with Crippen molar-refractivity contribution in [2.24, 2.45) is 0 Å². The fourth-order valence-electron chi connectivity index (χ4n) is 2.33. The van der Waals surface area contributed by atoms with Gasteiger partial charge in [-0.05, 0) is 39.4 Å². The van der Waals surface area contributed by atoms with E-state index in [0.717, 1.165) is 38.3 Å². The third-order valence-electron chi connectivity index (χ3n) is 3.27. The molecule has 1 aromatic rings. The second-order valence-electron chi connectivity index (χ2n) is 4.94. The maximum atomic E-state index is 11.3. The van der Waals surface area contributed by atoms with Gasteiger partial charge in [0, 0.05) is 18.8 Å². The SMILES string of the molecule is CCCN(CC)CCNc1cc(C)nc(C)c1C(=O)O. The van der Waals surface area contributed by atoms with Gasteiger partial charge >= 0.3 is 5.97 Å². The predicted octanol–water partition coefficient (Wildman–Crippen LogP) is 2.54. The van der Waals surface area contributed by atoms with Gasteiger partial charge in [-0.15, -0.1) is 0 Å². The monoisotopic (exact) mass is 279 g/mol. The molecule has 0 aliphatic rings. The minimum atomic E-state index is -0.932. The number of nitrogens with zero attached hydrogens (tertiary/aromatic N) is 2. The molecule has 1 rings (SSSR count).